The van der Waals surface area contributed by atoms with Gasteiger partial charge in [-0.05, 0) is 36.6 Å². The van der Waals surface area contributed by atoms with Crippen molar-refractivity contribution >= 4 is 23.2 Å². The van der Waals surface area contributed by atoms with Crippen molar-refractivity contribution in [3.05, 3.63) is 64.7 Å². The van der Waals surface area contributed by atoms with E-state index in [1.54, 1.807) is 0 Å². The van der Waals surface area contributed by atoms with Crippen molar-refractivity contribution in [2.45, 2.75) is 32.6 Å². The van der Waals surface area contributed by atoms with Gasteiger partial charge in [0.2, 0.25) is 5.91 Å². The van der Waals surface area contributed by atoms with Crippen LogP contribution in [0.2, 0.25) is 5.02 Å². The third-order valence-corrected chi connectivity index (χ3v) is 3.79. The van der Waals surface area contributed by atoms with Crippen molar-refractivity contribution in [2.24, 2.45) is 0 Å². The molecule has 0 fully saturated rings. The van der Waals surface area contributed by atoms with Gasteiger partial charge < -0.3 is 5.32 Å². The number of nitrogens with one attached hydrogen (secondary N) is 1. The number of hydrogen-bond acceptors (Lipinski definition) is 1. The molecule has 1 N–H and O–H groups in total. The first kappa shape index (κ1) is 15.6. The highest BCUT2D eigenvalue weighted by Crippen LogP contribution is 2.27. The molecule has 1 amide bonds. The van der Waals surface area contributed by atoms with Gasteiger partial charge in [0.05, 0.1) is 16.6 Å². The second-order valence-corrected chi connectivity index (χ2v) is 5.63. The molecule has 2 nitrogen and oxygen atoms in total. The zero-order valence-electron chi connectivity index (χ0n) is 12.4. The number of carbonyl (C=O) groups is 1. The number of anilines is 1. The molecule has 2 aromatic rings. The van der Waals surface area contributed by atoms with E-state index in [0.717, 1.165) is 24.0 Å². The summed E-state index contributed by atoms with van der Waals surface area (Å²) < 4.78 is 0. The number of halogens is 1. The lowest BCUT2D eigenvalue weighted by atomic mass is 9.93. The summed E-state index contributed by atoms with van der Waals surface area (Å²) >= 11 is 6.19. The SMILES string of the molecule is CCCC(C(=O)Nc1ccc(C)cc1Cl)c1ccccc1. The van der Waals surface area contributed by atoms with E-state index < -0.39 is 0 Å². The summed E-state index contributed by atoms with van der Waals surface area (Å²) in [6.45, 7) is 4.06. The molecule has 0 saturated carbocycles. The Hall–Kier alpha value is -1.80. The van der Waals surface area contributed by atoms with Gasteiger partial charge in [-0.1, -0.05) is 61.3 Å². The van der Waals surface area contributed by atoms with Crippen LogP contribution in [-0.4, -0.2) is 5.91 Å². The van der Waals surface area contributed by atoms with Crippen LogP contribution in [0.25, 0.3) is 0 Å². The molecular weight excluding hydrogens is 282 g/mol. The van der Waals surface area contributed by atoms with Gasteiger partial charge in [-0.25, -0.2) is 0 Å². The fourth-order valence-electron chi connectivity index (χ4n) is 2.36. The maximum atomic E-state index is 12.6. The van der Waals surface area contributed by atoms with Gasteiger partial charge in [-0.3, -0.25) is 4.79 Å². The summed E-state index contributed by atoms with van der Waals surface area (Å²) in [5.41, 5.74) is 2.79. The van der Waals surface area contributed by atoms with Crippen LogP contribution in [0.15, 0.2) is 48.5 Å². The second-order valence-electron chi connectivity index (χ2n) is 5.22. The molecule has 3 heteroatoms. The lowest BCUT2D eigenvalue weighted by Crippen LogP contribution is -2.21. The van der Waals surface area contributed by atoms with Gasteiger partial charge in [-0.2, -0.15) is 0 Å². The highest BCUT2D eigenvalue weighted by atomic mass is 35.5. The van der Waals surface area contributed by atoms with Crippen LogP contribution in [0.1, 0.15) is 36.8 Å². The highest BCUT2D eigenvalue weighted by molar-refractivity contribution is 6.33. The highest BCUT2D eigenvalue weighted by Gasteiger charge is 2.20. The molecule has 0 spiro atoms. The fraction of sp³-hybridized carbons (Fsp3) is 0.278. The summed E-state index contributed by atoms with van der Waals surface area (Å²) in [7, 11) is 0. The minimum absolute atomic E-state index is 0.00574. The van der Waals surface area contributed by atoms with Crippen molar-refractivity contribution in [1.29, 1.82) is 0 Å². The first-order valence-corrected chi connectivity index (χ1v) is 7.61. The molecule has 2 rings (SSSR count). The van der Waals surface area contributed by atoms with E-state index >= 15 is 0 Å². The van der Waals surface area contributed by atoms with Crippen LogP contribution in [0.3, 0.4) is 0 Å². The molecule has 0 radical (unpaired) electrons. The first-order chi connectivity index (χ1) is 10.1. The molecule has 2 aromatic carbocycles. The Kier molecular flexibility index (Phi) is 5.40. The number of carbonyl (C=O) groups excluding carboxylic acids is 1. The molecule has 21 heavy (non-hydrogen) atoms. The largest absolute Gasteiger partial charge is 0.324 e. The molecule has 0 aliphatic carbocycles. The Morgan fingerprint density at radius 1 is 1.19 bits per heavy atom. The van der Waals surface area contributed by atoms with Gasteiger partial charge in [0.1, 0.15) is 0 Å². The molecule has 1 atom stereocenters. The zero-order chi connectivity index (χ0) is 15.2. The molecule has 110 valence electrons. The van der Waals surface area contributed by atoms with Crippen LogP contribution < -0.4 is 5.32 Å². The maximum absolute atomic E-state index is 12.6. The Bertz CT molecular complexity index is 610. The third-order valence-electron chi connectivity index (χ3n) is 3.48. The van der Waals surface area contributed by atoms with Crippen molar-refractivity contribution in [3.63, 3.8) is 0 Å². The van der Waals surface area contributed by atoms with Gasteiger partial charge >= 0.3 is 0 Å². The van der Waals surface area contributed by atoms with E-state index in [4.69, 9.17) is 11.6 Å². The predicted molar refractivity (Wildman–Crippen MR) is 88.9 cm³/mol. The fourth-order valence-corrected chi connectivity index (χ4v) is 2.65. The van der Waals surface area contributed by atoms with E-state index in [0.29, 0.717) is 10.7 Å². The summed E-state index contributed by atoms with van der Waals surface area (Å²) in [6, 6.07) is 15.5. The molecule has 0 heterocycles. The van der Waals surface area contributed by atoms with Crippen molar-refractivity contribution in [1.82, 2.24) is 0 Å². The first-order valence-electron chi connectivity index (χ1n) is 7.23. The zero-order valence-corrected chi connectivity index (χ0v) is 13.2. The average molecular weight is 302 g/mol. The summed E-state index contributed by atoms with van der Waals surface area (Å²) in [5.74, 6) is -0.151. The normalized spacial score (nSPS) is 12.0. The third kappa shape index (κ3) is 4.08. The monoisotopic (exact) mass is 301 g/mol. The quantitative estimate of drug-likeness (QED) is 0.811. The van der Waals surface area contributed by atoms with Gasteiger partial charge in [0.25, 0.3) is 0 Å². The Labute approximate surface area is 131 Å². The number of hydrogen-bond donors (Lipinski definition) is 1. The standard InChI is InChI=1S/C18H20ClNO/c1-3-7-15(14-8-5-4-6-9-14)18(21)20-17-11-10-13(2)12-16(17)19/h4-6,8-12,15H,3,7H2,1-2H3,(H,20,21). The lowest BCUT2D eigenvalue weighted by molar-refractivity contribution is -0.117. The molecule has 0 saturated heterocycles. The number of rotatable bonds is 5. The van der Waals surface area contributed by atoms with Crippen molar-refractivity contribution in [3.8, 4) is 0 Å². The maximum Gasteiger partial charge on any atom is 0.231 e. The Balaban J connectivity index is 2.19. The minimum Gasteiger partial charge on any atom is -0.324 e. The summed E-state index contributed by atoms with van der Waals surface area (Å²) in [5, 5.41) is 3.53. The van der Waals surface area contributed by atoms with Crippen molar-refractivity contribution < 1.29 is 4.79 Å². The summed E-state index contributed by atoms with van der Waals surface area (Å²) in [6.07, 6.45) is 1.77. The predicted octanol–water partition coefficient (Wildman–Crippen LogP) is 5.17. The number of benzene rings is 2. The van der Waals surface area contributed by atoms with E-state index in [-0.39, 0.29) is 11.8 Å². The minimum atomic E-state index is -0.145. The molecule has 0 aromatic heterocycles. The smallest absolute Gasteiger partial charge is 0.231 e. The van der Waals surface area contributed by atoms with Crippen LogP contribution in [0, 0.1) is 6.92 Å². The average Bonchev–Trinajstić information content (AvgIpc) is 2.48. The number of aryl methyl sites for hydroxylation is 1. The lowest BCUT2D eigenvalue weighted by Gasteiger charge is -2.17. The van der Waals surface area contributed by atoms with Crippen LogP contribution >= 0.6 is 11.6 Å². The summed E-state index contributed by atoms with van der Waals surface area (Å²) in [4.78, 5) is 12.6. The van der Waals surface area contributed by atoms with Crippen LogP contribution in [0.5, 0.6) is 0 Å². The van der Waals surface area contributed by atoms with E-state index in [1.165, 1.54) is 0 Å². The Morgan fingerprint density at radius 3 is 2.52 bits per heavy atom. The van der Waals surface area contributed by atoms with Crippen molar-refractivity contribution in [2.75, 3.05) is 5.32 Å². The number of amides is 1. The molecule has 0 bridgehead atoms. The molecule has 0 aliphatic heterocycles. The van der Waals surface area contributed by atoms with Gasteiger partial charge in [-0.15, -0.1) is 0 Å². The van der Waals surface area contributed by atoms with Crippen LogP contribution in [-0.2, 0) is 4.79 Å². The molecular formula is C18H20ClNO. The second kappa shape index (κ2) is 7.28. The van der Waals surface area contributed by atoms with E-state index in [9.17, 15) is 4.79 Å². The van der Waals surface area contributed by atoms with Gasteiger partial charge in [0, 0.05) is 0 Å². The topological polar surface area (TPSA) is 29.1 Å². The van der Waals surface area contributed by atoms with E-state index in [2.05, 4.69) is 12.2 Å². The van der Waals surface area contributed by atoms with E-state index in [1.807, 2.05) is 55.5 Å². The van der Waals surface area contributed by atoms with Gasteiger partial charge in [0.15, 0.2) is 0 Å². The van der Waals surface area contributed by atoms with Crippen LogP contribution in [0.4, 0.5) is 5.69 Å². The Morgan fingerprint density at radius 2 is 1.90 bits per heavy atom. The molecule has 1 unspecified atom stereocenters. The molecule has 0 aliphatic rings.